The molecule has 0 saturated carbocycles. The first-order chi connectivity index (χ1) is 31.2. The summed E-state index contributed by atoms with van der Waals surface area (Å²) in [6, 6.07) is 83.5. The summed E-state index contributed by atoms with van der Waals surface area (Å²) in [5, 5.41) is 12.3. The summed E-state index contributed by atoms with van der Waals surface area (Å²) in [5.41, 5.74) is 13.2. The summed E-state index contributed by atoms with van der Waals surface area (Å²) >= 11 is 0. The highest BCUT2D eigenvalue weighted by atomic mass is 16.3. The minimum Gasteiger partial charge on any atom is -0.456 e. The first kappa shape index (κ1) is 35.4. The normalized spacial score (nSPS) is 11.8. The molecule has 2 aromatic heterocycles. The van der Waals surface area contributed by atoms with Gasteiger partial charge in [-0.3, -0.25) is 0 Å². The molecule has 0 unspecified atom stereocenters. The third-order valence-electron chi connectivity index (χ3n) is 13.0. The summed E-state index contributed by atoms with van der Waals surface area (Å²) in [6.07, 6.45) is 0. The molecule has 294 valence electrons. The number of furan rings is 1. The molecular weight excluding hydrogens is 765 g/mol. The number of nitrogens with zero attached hydrogens (tertiary/aromatic N) is 2. The highest BCUT2D eigenvalue weighted by Crippen LogP contribution is 2.43. The monoisotopic (exact) mass is 802 g/mol. The van der Waals surface area contributed by atoms with Crippen molar-refractivity contribution >= 4 is 93.1 Å². The van der Waals surface area contributed by atoms with Crippen molar-refractivity contribution in [3.05, 3.63) is 231 Å². The number of benzene rings is 11. The van der Waals surface area contributed by atoms with Gasteiger partial charge in [0.2, 0.25) is 0 Å². The summed E-state index contributed by atoms with van der Waals surface area (Å²) in [4.78, 5) is 2.39. The van der Waals surface area contributed by atoms with Crippen LogP contribution in [0.15, 0.2) is 235 Å². The van der Waals surface area contributed by atoms with Gasteiger partial charge in [0.1, 0.15) is 11.2 Å². The van der Waals surface area contributed by atoms with Crippen molar-refractivity contribution in [1.82, 2.24) is 4.57 Å². The van der Waals surface area contributed by atoms with Crippen molar-refractivity contribution < 1.29 is 4.42 Å². The Morgan fingerprint density at radius 2 is 0.794 bits per heavy atom. The Morgan fingerprint density at radius 3 is 1.44 bits per heavy atom. The van der Waals surface area contributed by atoms with E-state index in [1.54, 1.807) is 0 Å². The smallest absolute Gasteiger partial charge is 0.136 e. The van der Waals surface area contributed by atoms with Crippen molar-refractivity contribution in [1.29, 1.82) is 0 Å². The standard InChI is InChI=1S/C60H38N2O/c1-2-17-49-47(15-1)48-16-3-4-18-50(48)55-38-45(35-36-51(49)55)61(43-33-29-40(30-34-43)46-22-12-26-59-60(46)54-21-7-10-25-58(54)63-59)42-31-27-39(28-32-42)41-13-11-14-44(37-41)62-56-23-8-5-19-52(56)53-20-6-9-24-57(53)62/h1-38H. The Balaban J connectivity index is 0.948. The van der Waals surface area contributed by atoms with E-state index in [9.17, 15) is 0 Å². The third kappa shape index (κ3) is 5.60. The molecule has 0 spiro atoms. The van der Waals surface area contributed by atoms with Gasteiger partial charge in [-0.05, 0) is 127 Å². The van der Waals surface area contributed by atoms with Crippen LogP contribution in [0.25, 0.3) is 104 Å². The highest BCUT2D eigenvalue weighted by Gasteiger charge is 2.18. The second-order valence-electron chi connectivity index (χ2n) is 16.4. The van der Waals surface area contributed by atoms with Crippen LogP contribution >= 0.6 is 0 Å². The molecule has 0 amide bonds. The molecule has 0 atom stereocenters. The van der Waals surface area contributed by atoms with Gasteiger partial charge in [-0.2, -0.15) is 0 Å². The molecular formula is C60H38N2O. The number of aromatic nitrogens is 1. The van der Waals surface area contributed by atoms with Crippen LogP contribution < -0.4 is 4.90 Å². The average molecular weight is 803 g/mol. The molecule has 0 fully saturated rings. The van der Waals surface area contributed by atoms with E-state index in [-0.39, 0.29) is 0 Å². The van der Waals surface area contributed by atoms with E-state index in [1.807, 2.05) is 12.1 Å². The Hall–Kier alpha value is -8.40. The topological polar surface area (TPSA) is 21.3 Å². The van der Waals surface area contributed by atoms with Crippen molar-refractivity contribution in [2.24, 2.45) is 0 Å². The van der Waals surface area contributed by atoms with Gasteiger partial charge in [0.05, 0.1) is 11.0 Å². The third-order valence-corrected chi connectivity index (χ3v) is 13.0. The zero-order valence-corrected chi connectivity index (χ0v) is 34.2. The Morgan fingerprint density at radius 1 is 0.302 bits per heavy atom. The van der Waals surface area contributed by atoms with Crippen molar-refractivity contribution in [2.45, 2.75) is 0 Å². The van der Waals surface area contributed by atoms with Crippen LogP contribution in [0, 0.1) is 0 Å². The van der Waals surface area contributed by atoms with Gasteiger partial charge in [0.25, 0.3) is 0 Å². The Labute approximate surface area is 363 Å². The molecule has 0 aliphatic rings. The maximum Gasteiger partial charge on any atom is 0.136 e. The molecule has 0 N–H and O–H groups in total. The van der Waals surface area contributed by atoms with E-state index in [0.717, 1.165) is 61.4 Å². The molecule has 0 aliphatic carbocycles. The van der Waals surface area contributed by atoms with Crippen molar-refractivity contribution in [3.63, 3.8) is 0 Å². The van der Waals surface area contributed by atoms with Crippen LogP contribution in [0.2, 0.25) is 0 Å². The molecule has 3 heteroatoms. The first-order valence-corrected chi connectivity index (χ1v) is 21.6. The fourth-order valence-corrected chi connectivity index (χ4v) is 10.1. The second kappa shape index (κ2) is 14.1. The minimum atomic E-state index is 0.899. The molecule has 2 heterocycles. The Bertz CT molecular complexity index is 3820. The zero-order valence-electron chi connectivity index (χ0n) is 34.2. The number of rotatable bonds is 6. The lowest BCUT2D eigenvalue weighted by Gasteiger charge is -2.27. The van der Waals surface area contributed by atoms with Crippen LogP contribution in [0.1, 0.15) is 0 Å². The molecule has 63 heavy (non-hydrogen) atoms. The van der Waals surface area contributed by atoms with E-state index in [4.69, 9.17) is 4.42 Å². The Kier molecular flexibility index (Phi) is 7.91. The van der Waals surface area contributed by atoms with E-state index in [1.165, 1.54) is 59.7 Å². The van der Waals surface area contributed by atoms with Crippen LogP contribution in [-0.2, 0) is 0 Å². The molecule has 3 nitrogen and oxygen atoms in total. The molecule has 0 aliphatic heterocycles. The molecule has 0 saturated heterocycles. The maximum atomic E-state index is 6.28. The number of fused-ring (bicyclic) bond motifs is 12. The highest BCUT2D eigenvalue weighted by molar-refractivity contribution is 6.26. The van der Waals surface area contributed by atoms with Gasteiger partial charge in [0, 0.05) is 44.3 Å². The first-order valence-electron chi connectivity index (χ1n) is 21.6. The van der Waals surface area contributed by atoms with Crippen molar-refractivity contribution in [3.8, 4) is 27.9 Å². The van der Waals surface area contributed by atoms with Crippen LogP contribution in [0.4, 0.5) is 17.1 Å². The predicted octanol–water partition coefficient (Wildman–Crippen LogP) is 16.9. The van der Waals surface area contributed by atoms with Gasteiger partial charge in [-0.25, -0.2) is 0 Å². The van der Waals surface area contributed by atoms with E-state index < -0.39 is 0 Å². The second-order valence-corrected chi connectivity index (χ2v) is 16.4. The number of hydrogen-bond acceptors (Lipinski definition) is 2. The van der Waals surface area contributed by atoms with Gasteiger partial charge in [0.15, 0.2) is 0 Å². The van der Waals surface area contributed by atoms with Crippen LogP contribution in [-0.4, -0.2) is 4.57 Å². The number of para-hydroxylation sites is 3. The molecule has 13 aromatic rings. The molecule has 11 aromatic carbocycles. The lowest BCUT2D eigenvalue weighted by Crippen LogP contribution is -2.10. The van der Waals surface area contributed by atoms with E-state index >= 15 is 0 Å². The molecule has 0 bridgehead atoms. The SMILES string of the molecule is c1cc(-c2ccc(N(c3ccc(-c4cccc5oc6ccccc6c45)cc3)c3ccc4c5ccccc5c5ccccc5c4c3)cc2)cc(-n2c3ccccc3c3ccccc32)c1. The molecule has 0 radical (unpaired) electrons. The van der Waals surface area contributed by atoms with Crippen LogP contribution in [0.5, 0.6) is 0 Å². The fraction of sp³-hybridized carbons (Fsp3) is 0. The largest absolute Gasteiger partial charge is 0.456 e. The summed E-state index contributed by atoms with van der Waals surface area (Å²) in [7, 11) is 0. The van der Waals surface area contributed by atoms with Gasteiger partial charge >= 0.3 is 0 Å². The quantitative estimate of drug-likeness (QED) is 0.156. The summed E-state index contributed by atoms with van der Waals surface area (Å²) in [5.74, 6) is 0. The predicted molar refractivity (Wildman–Crippen MR) is 266 cm³/mol. The molecule has 13 rings (SSSR count). The summed E-state index contributed by atoms with van der Waals surface area (Å²) in [6.45, 7) is 0. The van der Waals surface area contributed by atoms with Gasteiger partial charge in [-0.1, -0.05) is 158 Å². The van der Waals surface area contributed by atoms with E-state index in [2.05, 4.69) is 228 Å². The minimum absolute atomic E-state index is 0.899. The zero-order chi connectivity index (χ0) is 41.4. The van der Waals surface area contributed by atoms with E-state index in [0.29, 0.717) is 0 Å². The average Bonchev–Trinajstić information content (AvgIpc) is 3.91. The number of anilines is 3. The fourth-order valence-electron chi connectivity index (χ4n) is 10.1. The summed E-state index contributed by atoms with van der Waals surface area (Å²) < 4.78 is 8.66. The maximum absolute atomic E-state index is 6.28. The van der Waals surface area contributed by atoms with Gasteiger partial charge < -0.3 is 13.9 Å². The van der Waals surface area contributed by atoms with Crippen molar-refractivity contribution in [2.75, 3.05) is 4.90 Å². The lowest BCUT2D eigenvalue weighted by molar-refractivity contribution is 0.669. The van der Waals surface area contributed by atoms with Crippen LogP contribution in [0.3, 0.4) is 0 Å². The number of hydrogen-bond donors (Lipinski definition) is 0. The lowest BCUT2D eigenvalue weighted by atomic mass is 9.94. The van der Waals surface area contributed by atoms with Gasteiger partial charge in [-0.15, -0.1) is 0 Å².